The Balaban J connectivity index is 3.20. The molecule has 0 aliphatic rings. The molecule has 1 aromatic rings. The highest BCUT2D eigenvalue weighted by atomic mass is 16.5. The van der Waals surface area contributed by atoms with Gasteiger partial charge in [-0.2, -0.15) is 5.26 Å². The van der Waals surface area contributed by atoms with E-state index < -0.39 is 5.91 Å². The average molecular weight is 288 g/mol. The van der Waals surface area contributed by atoms with E-state index in [1.54, 1.807) is 0 Å². The standard InChI is InChI=1S/C15H16N2O4/c1-4-5-17-15(19)11(9-16)6-10-7-12(20-2)14(18)13(8-10)21-3/h4,6-8,18H,1,5H2,2-3H3,(H,17,19). The Labute approximate surface area is 122 Å². The molecule has 0 bridgehead atoms. The van der Waals surface area contributed by atoms with Gasteiger partial charge in [0.1, 0.15) is 11.6 Å². The van der Waals surface area contributed by atoms with Gasteiger partial charge in [0.25, 0.3) is 5.91 Å². The number of nitrogens with one attached hydrogen (secondary N) is 1. The molecular formula is C15H16N2O4. The smallest absolute Gasteiger partial charge is 0.262 e. The van der Waals surface area contributed by atoms with E-state index >= 15 is 0 Å². The minimum absolute atomic E-state index is 0.0772. The molecule has 0 atom stereocenters. The van der Waals surface area contributed by atoms with Crippen molar-refractivity contribution in [2.24, 2.45) is 0 Å². The molecule has 0 aliphatic heterocycles. The monoisotopic (exact) mass is 288 g/mol. The molecule has 0 saturated carbocycles. The summed E-state index contributed by atoms with van der Waals surface area (Å²) in [4.78, 5) is 11.8. The number of aromatic hydroxyl groups is 1. The van der Waals surface area contributed by atoms with Crippen LogP contribution in [0.2, 0.25) is 0 Å². The highest BCUT2D eigenvalue weighted by molar-refractivity contribution is 6.01. The van der Waals surface area contributed by atoms with Crippen LogP contribution < -0.4 is 14.8 Å². The van der Waals surface area contributed by atoms with Gasteiger partial charge in [-0.15, -0.1) is 6.58 Å². The second-order valence-electron chi connectivity index (χ2n) is 3.94. The molecule has 6 nitrogen and oxygen atoms in total. The zero-order valence-electron chi connectivity index (χ0n) is 11.8. The van der Waals surface area contributed by atoms with Crippen LogP contribution in [0, 0.1) is 11.3 Å². The maximum atomic E-state index is 11.8. The van der Waals surface area contributed by atoms with Crippen molar-refractivity contribution in [3.63, 3.8) is 0 Å². The number of methoxy groups -OCH3 is 2. The van der Waals surface area contributed by atoms with Crippen LogP contribution >= 0.6 is 0 Å². The van der Waals surface area contributed by atoms with Crippen LogP contribution in [-0.4, -0.2) is 31.8 Å². The quantitative estimate of drug-likeness (QED) is 0.471. The predicted molar refractivity (Wildman–Crippen MR) is 78.0 cm³/mol. The third kappa shape index (κ3) is 4.01. The minimum Gasteiger partial charge on any atom is -0.502 e. The van der Waals surface area contributed by atoms with Crippen molar-refractivity contribution in [2.45, 2.75) is 0 Å². The lowest BCUT2D eigenvalue weighted by atomic mass is 10.1. The normalized spacial score (nSPS) is 10.4. The molecular weight excluding hydrogens is 272 g/mol. The number of carbonyl (C=O) groups is 1. The Morgan fingerprint density at radius 3 is 2.43 bits per heavy atom. The van der Waals surface area contributed by atoms with E-state index in [1.165, 1.54) is 38.5 Å². The molecule has 2 N–H and O–H groups in total. The number of nitrogens with zero attached hydrogens (tertiary/aromatic N) is 1. The Bertz CT molecular complexity index is 590. The van der Waals surface area contributed by atoms with Crippen molar-refractivity contribution >= 4 is 12.0 Å². The second kappa shape index (κ2) is 7.60. The van der Waals surface area contributed by atoms with Crippen LogP contribution in [0.1, 0.15) is 5.56 Å². The van der Waals surface area contributed by atoms with Crippen LogP contribution in [0.4, 0.5) is 0 Å². The lowest BCUT2D eigenvalue weighted by Crippen LogP contribution is -2.24. The molecule has 1 aromatic carbocycles. The van der Waals surface area contributed by atoms with E-state index in [2.05, 4.69) is 11.9 Å². The molecule has 0 heterocycles. The molecule has 1 rings (SSSR count). The number of carbonyl (C=O) groups excluding carboxylic acids is 1. The van der Waals surface area contributed by atoms with Crippen molar-refractivity contribution in [1.82, 2.24) is 5.32 Å². The number of rotatable bonds is 6. The first kappa shape index (κ1) is 16.1. The molecule has 1 amide bonds. The molecule has 0 aliphatic carbocycles. The Morgan fingerprint density at radius 2 is 2.00 bits per heavy atom. The third-order valence-electron chi connectivity index (χ3n) is 2.59. The maximum Gasteiger partial charge on any atom is 0.262 e. The van der Waals surface area contributed by atoms with Crippen molar-refractivity contribution in [3.8, 4) is 23.3 Å². The molecule has 0 fully saturated rings. The summed E-state index contributed by atoms with van der Waals surface area (Å²) in [6.07, 6.45) is 2.89. The summed E-state index contributed by atoms with van der Waals surface area (Å²) in [7, 11) is 2.79. The zero-order chi connectivity index (χ0) is 15.8. The van der Waals surface area contributed by atoms with Gasteiger partial charge in [0.2, 0.25) is 5.75 Å². The van der Waals surface area contributed by atoms with E-state index in [0.717, 1.165) is 0 Å². The number of amides is 1. The number of phenols is 1. The number of hydrogen-bond donors (Lipinski definition) is 2. The summed E-state index contributed by atoms with van der Waals surface area (Å²) in [5, 5.41) is 21.4. The van der Waals surface area contributed by atoms with Gasteiger partial charge in [-0.25, -0.2) is 0 Å². The van der Waals surface area contributed by atoms with Crippen molar-refractivity contribution in [2.75, 3.05) is 20.8 Å². The molecule has 110 valence electrons. The van der Waals surface area contributed by atoms with Gasteiger partial charge in [-0.05, 0) is 23.8 Å². The van der Waals surface area contributed by atoms with Crippen molar-refractivity contribution in [1.29, 1.82) is 5.26 Å². The van der Waals surface area contributed by atoms with Crippen molar-refractivity contribution < 1.29 is 19.4 Å². The number of nitriles is 1. The topological polar surface area (TPSA) is 91.6 Å². The Kier molecular flexibility index (Phi) is 5.83. The molecule has 21 heavy (non-hydrogen) atoms. The van der Waals surface area contributed by atoms with Crippen LogP contribution in [-0.2, 0) is 4.79 Å². The van der Waals surface area contributed by atoms with E-state index in [1.807, 2.05) is 6.07 Å². The summed E-state index contributed by atoms with van der Waals surface area (Å²) in [6, 6.07) is 4.81. The number of hydrogen-bond acceptors (Lipinski definition) is 5. The average Bonchev–Trinajstić information content (AvgIpc) is 2.51. The first-order valence-corrected chi connectivity index (χ1v) is 6.03. The minimum atomic E-state index is -0.511. The summed E-state index contributed by atoms with van der Waals surface area (Å²) in [6.45, 7) is 3.74. The lowest BCUT2D eigenvalue weighted by Gasteiger charge is -2.09. The fraction of sp³-hybridized carbons (Fsp3) is 0.200. The highest BCUT2D eigenvalue weighted by Gasteiger charge is 2.13. The summed E-state index contributed by atoms with van der Waals surface area (Å²) in [5.41, 5.74) is 0.415. The van der Waals surface area contributed by atoms with E-state index in [-0.39, 0.29) is 29.4 Å². The van der Waals surface area contributed by atoms with Crippen LogP contribution in [0.5, 0.6) is 17.2 Å². The molecule has 0 spiro atoms. The Hall–Kier alpha value is -2.94. The Morgan fingerprint density at radius 1 is 1.43 bits per heavy atom. The van der Waals surface area contributed by atoms with Gasteiger partial charge in [-0.3, -0.25) is 4.79 Å². The molecule has 0 saturated heterocycles. The van der Waals surface area contributed by atoms with Gasteiger partial charge in [0.15, 0.2) is 11.5 Å². The van der Waals surface area contributed by atoms with Crippen molar-refractivity contribution in [3.05, 3.63) is 35.9 Å². The van der Waals surface area contributed by atoms with E-state index in [4.69, 9.17) is 14.7 Å². The zero-order valence-corrected chi connectivity index (χ0v) is 11.8. The summed E-state index contributed by atoms with van der Waals surface area (Å²) >= 11 is 0. The fourth-order valence-electron chi connectivity index (χ4n) is 1.57. The number of ether oxygens (including phenoxy) is 2. The predicted octanol–water partition coefficient (Wildman–Crippen LogP) is 1.62. The maximum absolute atomic E-state index is 11.8. The lowest BCUT2D eigenvalue weighted by molar-refractivity contribution is -0.116. The van der Waals surface area contributed by atoms with Gasteiger partial charge < -0.3 is 19.9 Å². The third-order valence-corrected chi connectivity index (χ3v) is 2.59. The molecule has 0 unspecified atom stereocenters. The van der Waals surface area contributed by atoms with Gasteiger partial charge in [0.05, 0.1) is 14.2 Å². The van der Waals surface area contributed by atoms with Crippen LogP contribution in [0.25, 0.3) is 6.08 Å². The largest absolute Gasteiger partial charge is 0.502 e. The van der Waals surface area contributed by atoms with Gasteiger partial charge >= 0.3 is 0 Å². The fourth-order valence-corrected chi connectivity index (χ4v) is 1.57. The van der Waals surface area contributed by atoms with E-state index in [0.29, 0.717) is 5.56 Å². The van der Waals surface area contributed by atoms with Gasteiger partial charge in [0, 0.05) is 6.54 Å². The first-order chi connectivity index (χ1) is 10.1. The van der Waals surface area contributed by atoms with E-state index in [9.17, 15) is 9.90 Å². The second-order valence-corrected chi connectivity index (χ2v) is 3.94. The SMILES string of the molecule is C=CCNC(=O)C(C#N)=Cc1cc(OC)c(O)c(OC)c1. The summed E-state index contributed by atoms with van der Waals surface area (Å²) in [5.74, 6) is -0.288. The van der Waals surface area contributed by atoms with Gasteiger partial charge in [-0.1, -0.05) is 6.08 Å². The van der Waals surface area contributed by atoms with Crippen LogP contribution in [0.15, 0.2) is 30.4 Å². The molecule has 0 radical (unpaired) electrons. The number of phenolic OH excluding ortho intramolecular Hbond substituents is 1. The molecule has 0 aromatic heterocycles. The summed E-state index contributed by atoms with van der Waals surface area (Å²) < 4.78 is 10.0. The first-order valence-electron chi connectivity index (χ1n) is 6.03. The number of benzene rings is 1. The van der Waals surface area contributed by atoms with Crippen LogP contribution in [0.3, 0.4) is 0 Å². The molecule has 6 heteroatoms. The highest BCUT2D eigenvalue weighted by Crippen LogP contribution is 2.37.